The minimum atomic E-state index is -3.70. The minimum Gasteiger partial charge on any atom is -0.355 e. The summed E-state index contributed by atoms with van der Waals surface area (Å²) in [7, 11) is -3.70. The Kier molecular flexibility index (Phi) is 5.46. The van der Waals surface area contributed by atoms with Gasteiger partial charge in [-0.1, -0.05) is 12.1 Å². The third kappa shape index (κ3) is 4.30. The van der Waals surface area contributed by atoms with Crippen molar-refractivity contribution >= 4 is 15.9 Å². The number of carbonyl (C=O) groups excluding carboxylic acids is 1. The van der Waals surface area contributed by atoms with Gasteiger partial charge in [-0.2, -0.15) is 4.72 Å². The van der Waals surface area contributed by atoms with Crippen molar-refractivity contribution in [1.29, 1.82) is 0 Å². The van der Waals surface area contributed by atoms with Gasteiger partial charge in [0.05, 0.1) is 10.9 Å². The van der Waals surface area contributed by atoms with Crippen LogP contribution in [0.2, 0.25) is 0 Å². The van der Waals surface area contributed by atoms with Crippen LogP contribution in [0.15, 0.2) is 29.2 Å². The smallest absolute Gasteiger partial charge is 0.241 e. The lowest BCUT2D eigenvalue weighted by molar-refractivity contribution is -0.122. The van der Waals surface area contributed by atoms with Gasteiger partial charge in [0.25, 0.3) is 0 Å². The van der Waals surface area contributed by atoms with Gasteiger partial charge in [0, 0.05) is 13.1 Å². The molecule has 7 heteroatoms. The Bertz CT molecular complexity index is 526. The van der Waals surface area contributed by atoms with Gasteiger partial charge in [-0.25, -0.2) is 8.42 Å². The van der Waals surface area contributed by atoms with E-state index in [4.69, 9.17) is 5.73 Å². The van der Waals surface area contributed by atoms with Gasteiger partial charge in [0.2, 0.25) is 15.9 Å². The van der Waals surface area contributed by atoms with E-state index in [2.05, 4.69) is 10.0 Å². The van der Waals surface area contributed by atoms with Crippen molar-refractivity contribution in [3.8, 4) is 0 Å². The van der Waals surface area contributed by atoms with Crippen LogP contribution in [-0.4, -0.2) is 26.9 Å². The summed E-state index contributed by atoms with van der Waals surface area (Å²) in [5, 5.41) is 2.56. The van der Waals surface area contributed by atoms with E-state index in [1.807, 2.05) is 0 Å². The Morgan fingerprint density at radius 3 is 2.37 bits per heavy atom. The molecule has 106 valence electrons. The zero-order chi connectivity index (χ0) is 14.5. The minimum absolute atomic E-state index is 0.112. The van der Waals surface area contributed by atoms with Crippen LogP contribution in [0, 0.1) is 0 Å². The zero-order valence-electron chi connectivity index (χ0n) is 11.0. The van der Waals surface area contributed by atoms with Crippen LogP contribution >= 0.6 is 0 Å². The molecule has 0 bridgehead atoms. The fourth-order valence-corrected chi connectivity index (χ4v) is 2.69. The number of carbonyl (C=O) groups is 1. The fraction of sp³-hybridized carbons (Fsp3) is 0.417. The summed E-state index contributed by atoms with van der Waals surface area (Å²) in [6.45, 7) is 4.07. The first kappa shape index (κ1) is 15.6. The van der Waals surface area contributed by atoms with E-state index in [0.29, 0.717) is 13.1 Å². The number of amides is 1. The molecule has 6 nitrogen and oxygen atoms in total. The molecule has 1 aromatic carbocycles. The topological polar surface area (TPSA) is 101 Å². The van der Waals surface area contributed by atoms with E-state index in [9.17, 15) is 13.2 Å². The lowest BCUT2D eigenvalue weighted by atomic mass is 10.2. The second-order valence-corrected chi connectivity index (χ2v) is 5.80. The molecule has 0 aromatic heterocycles. The Morgan fingerprint density at radius 1 is 1.32 bits per heavy atom. The molecule has 0 saturated carbocycles. The highest BCUT2D eigenvalue weighted by molar-refractivity contribution is 7.89. The summed E-state index contributed by atoms with van der Waals surface area (Å²) in [6.07, 6.45) is 0. The molecule has 0 aliphatic heterocycles. The summed E-state index contributed by atoms with van der Waals surface area (Å²) < 4.78 is 26.4. The molecule has 0 saturated heterocycles. The highest BCUT2D eigenvalue weighted by Crippen LogP contribution is 2.10. The van der Waals surface area contributed by atoms with Crippen LogP contribution < -0.4 is 15.8 Å². The molecular weight excluding hydrogens is 266 g/mol. The predicted molar refractivity (Wildman–Crippen MR) is 72.8 cm³/mol. The first-order valence-electron chi connectivity index (χ1n) is 5.99. The predicted octanol–water partition coefficient (Wildman–Crippen LogP) is -0.0518. The molecule has 0 radical (unpaired) electrons. The average Bonchev–Trinajstić information content (AvgIpc) is 2.38. The van der Waals surface area contributed by atoms with Crippen LogP contribution in [0.5, 0.6) is 0 Å². The third-order valence-corrected chi connectivity index (χ3v) is 4.10. The van der Waals surface area contributed by atoms with Crippen LogP contribution in [0.3, 0.4) is 0 Å². The Morgan fingerprint density at radius 2 is 1.89 bits per heavy atom. The van der Waals surface area contributed by atoms with Gasteiger partial charge in [-0.3, -0.25) is 4.79 Å². The molecule has 0 fully saturated rings. The largest absolute Gasteiger partial charge is 0.355 e. The van der Waals surface area contributed by atoms with Crippen molar-refractivity contribution in [3.05, 3.63) is 29.8 Å². The van der Waals surface area contributed by atoms with E-state index in [1.165, 1.54) is 19.1 Å². The van der Waals surface area contributed by atoms with E-state index in [1.54, 1.807) is 19.1 Å². The van der Waals surface area contributed by atoms with E-state index >= 15 is 0 Å². The molecule has 4 N–H and O–H groups in total. The van der Waals surface area contributed by atoms with Gasteiger partial charge in [0.15, 0.2) is 0 Å². The Balaban J connectivity index is 2.82. The number of nitrogens with two attached hydrogens (primary N) is 1. The molecule has 1 atom stereocenters. The number of nitrogens with one attached hydrogen (secondary N) is 2. The first-order chi connectivity index (χ1) is 8.90. The van der Waals surface area contributed by atoms with Gasteiger partial charge in [0.1, 0.15) is 0 Å². The number of hydrogen-bond donors (Lipinski definition) is 3. The van der Waals surface area contributed by atoms with Crippen molar-refractivity contribution in [3.63, 3.8) is 0 Å². The Labute approximate surface area is 113 Å². The number of benzene rings is 1. The van der Waals surface area contributed by atoms with Crippen LogP contribution in [0.4, 0.5) is 0 Å². The summed E-state index contributed by atoms with van der Waals surface area (Å²) >= 11 is 0. The van der Waals surface area contributed by atoms with Gasteiger partial charge < -0.3 is 11.1 Å². The number of likely N-dealkylation sites (N-methyl/N-ethyl adjacent to an activating group) is 1. The standard InChI is InChI=1S/C12H19N3O3S/c1-3-14-12(16)9(2)15-19(17,18)11-6-4-10(8-13)5-7-11/h4-7,9,15H,3,8,13H2,1-2H3,(H,14,16). The Hall–Kier alpha value is -1.44. The molecule has 0 heterocycles. The summed E-state index contributed by atoms with van der Waals surface area (Å²) in [6, 6.07) is 5.40. The van der Waals surface area contributed by atoms with Gasteiger partial charge in [-0.15, -0.1) is 0 Å². The molecule has 1 unspecified atom stereocenters. The molecule has 1 rings (SSSR count). The molecule has 1 amide bonds. The molecule has 1 aromatic rings. The summed E-state index contributed by atoms with van der Waals surface area (Å²) in [5.74, 6) is -0.357. The van der Waals surface area contributed by atoms with Crippen molar-refractivity contribution in [2.75, 3.05) is 6.54 Å². The SMILES string of the molecule is CCNC(=O)C(C)NS(=O)(=O)c1ccc(CN)cc1. The summed E-state index contributed by atoms with van der Waals surface area (Å²) in [5.41, 5.74) is 6.29. The normalized spacial score (nSPS) is 13.0. The highest BCUT2D eigenvalue weighted by atomic mass is 32.2. The van der Waals surface area contributed by atoms with Crippen molar-refractivity contribution in [1.82, 2.24) is 10.0 Å². The van der Waals surface area contributed by atoms with Gasteiger partial charge in [-0.05, 0) is 31.5 Å². The number of hydrogen-bond acceptors (Lipinski definition) is 4. The maximum absolute atomic E-state index is 12.0. The van der Waals surface area contributed by atoms with Crippen molar-refractivity contribution in [2.45, 2.75) is 31.3 Å². The number of sulfonamides is 1. The number of rotatable bonds is 6. The second kappa shape index (κ2) is 6.65. The quantitative estimate of drug-likeness (QED) is 0.682. The molecule has 19 heavy (non-hydrogen) atoms. The molecule has 0 aliphatic rings. The van der Waals surface area contributed by atoms with Crippen molar-refractivity contribution < 1.29 is 13.2 Å². The van der Waals surface area contributed by atoms with Crippen molar-refractivity contribution in [2.24, 2.45) is 5.73 Å². The lowest BCUT2D eigenvalue weighted by Crippen LogP contribution is -2.44. The maximum Gasteiger partial charge on any atom is 0.241 e. The van der Waals surface area contributed by atoms with Gasteiger partial charge >= 0.3 is 0 Å². The molecule has 0 aliphatic carbocycles. The maximum atomic E-state index is 12.0. The lowest BCUT2D eigenvalue weighted by Gasteiger charge is -2.13. The fourth-order valence-electron chi connectivity index (χ4n) is 1.49. The van der Waals surface area contributed by atoms with Crippen LogP contribution in [0.1, 0.15) is 19.4 Å². The third-order valence-electron chi connectivity index (χ3n) is 2.55. The highest BCUT2D eigenvalue weighted by Gasteiger charge is 2.21. The molecule has 0 spiro atoms. The molecular formula is C12H19N3O3S. The second-order valence-electron chi connectivity index (χ2n) is 4.09. The summed E-state index contributed by atoms with van der Waals surface area (Å²) in [4.78, 5) is 11.6. The van der Waals surface area contributed by atoms with E-state index < -0.39 is 16.1 Å². The zero-order valence-corrected chi connectivity index (χ0v) is 11.8. The van der Waals surface area contributed by atoms with Crippen LogP contribution in [0.25, 0.3) is 0 Å². The van der Waals surface area contributed by atoms with E-state index in [0.717, 1.165) is 5.56 Å². The average molecular weight is 285 g/mol. The first-order valence-corrected chi connectivity index (χ1v) is 7.48. The van der Waals surface area contributed by atoms with Crippen LogP contribution in [-0.2, 0) is 21.4 Å². The van der Waals surface area contributed by atoms with E-state index in [-0.39, 0.29) is 10.8 Å². The monoisotopic (exact) mass is 285 g/mol.